The van der Waals surface area contributed by atoms with Gasteiger partial charge in [0, 0.05) is 16.8 Å². The van der Waals surface area contributed by atoms with Crippen molar-refractivity contribution in [3.8, 4) is 0 Å². The summed E-state index contributed by atoms with van der Waals surface area (Å²) in [5.74, 6) is -0.00120. The number of aryl methyl sites for hydroxylation is 2. The summed E-state index contributed by atoms with van der Waals surface area (Å²) in [7, 11) is 0. The second-order valence-corrected chi connectivity index (χ2v) is 4.18. The van der Waals surface area contributed by atoms with Crippen LogP contribution in [0.15, 0.2) is 42.5 Å². The fraction of sp³-hybridized carbons (Fsp3) is 0.133. The lowest BCUT2D eigenvalue weighted by atomic mass is 9.95. The Bertz CT molecular complexity index is 553. The number of carbonyl (C=O) groups is 1. The maximum Gasteiger partial charge on any atom is 0.195 e. The number of nitrogen functional groups attached to an aromatic ring is 1. The van der Waals surface area contributed by atoms with Crippen LogP contribution >= 0.6 is 0 Å². The maximum atomic E-state index is 12.4. The highest BCUT2D eigenvalue weighted by atomic mass is 16.1. The Labute approximate surface area is 101 Å². The average molecular weight is 225 g/mol. The number of hydrogen-bond donors (Lipinski definition) is 1. The van der Waals surface area contributed by atoms with Crippen LogP contribution in [0.1, 0.15) is 27.0 Å². The third-order valence-electron chi connectivity index (χ3n) is 2.92. The van der Waals surface area contributed by atoms with Crippen LogP contribution in [-0.4, -0.2) is 5.78 Å². The number of benzene rings is 2. The van der Waals surface area contributed by atoms with Crippen molar-refractivity contribution in [3.05, 3.63) is 64.7 Å². The third-order valence-corrected chi connectivity index (χ3v) is 2.92. The lowest BCUT2D eigenvalue weighted by Crippen LogP contribution is -2.08. The molecular formula is C15H15NO. The summed E-state index contributed by atoms with van der Waals surface area (Å²) in [6.45, 7) is 3.84. The summed E-state index contributed by atoms with van der Waals surface area (Å²) < 4.78 is 0. The van der Waals surface area contributed by atoms with Gasteiger partial charge in [0.1, 0.15) is 0 Å². The second kappa shape index (κ2) is 4.42. The minimum atomic E-state index is -0.00120. The highest BCUT2D eigenvalue weighted by molar-refractivity contribution is 6.13. The van der Waals surface area contributed by atoms with Gasteiger partial charge >= 0.3 is 0 Å². The largest absolute Gasteiger partial charge is 0.398 e. The zero-order chi connectivity index (χ0) is 12.4. The van der Waals surface area contributed by atoms with Gasteiger partial charge in [0.2, 0.25) is 0 Å². The number of anilines is 1. The number of ketones is 1. The van der Waals surface area contributed by atoms with Gasteiger partial charge in [-0.3, -0.25) is 4.79 Å². The molecule has 0 heterocycles. The molecule has 0 atom stereocenters. The fourth-order valence-electron chi connectivity index (χ4n) is 1.96. The predicted octanol–water partition coefficient (Wildman–Crippen LogP) is 3.12. The average Bonchev–Trinajstić information content (AvgIpc) is 2.29. The van der Waals surface area contributed by atoms with E-state index in [1.165, 1.54) is 0 Å². The van der Waals surface area contributed by atoms with Crippen LogP contribution in [0, 0.1) is 13.8 Å². The smallest absolute Gasteiger partial charge is 0.195 e. The summed E-state index contributed by atoms with van der Waals surface area (Å²) >= 11 is 0. The molecule has 0 saturated carbocycles. The summed E-state index contributed by atoms with van der Waals surface area (Å²) in [5.41, 5.74) is 9.65. The molecule has 0 saturated heterocycles. The molecule has 0 aromatic heterocycles. The lowest BCUT2D eigenvalue weighted by molar-refractivity contribution is 0.103. The highest BCUT2D eigenvalue weighted by Gasteiger charge is 2.15. The Hall–Kier alpha value is -2.09. The van der Waals surface area contributed by atoms with Crippen molar-refractivity contribution < 1.29 is 4.79 Å². The van der Waals surface area contributed by atoms with Crippen LogP contribution in [0.2, 0.25) is 0 Å². The Balaban J connectivity index is 2.56. The van der Waals surface area contributed by atoms with Crippen molar-refractivity contribution in [2.75, 3.05) is 5.73 Å². The molecule has 0 fully saturated rings. The molecule has 0 aliphatic rings. The van der Waals surface area contributed by atoms with Gasteiger partial charge < -0.3 is 5.73 Å². The molecule has 2 rings (SSSR count). The van der Waals surface area contributed by atoms with Crippen molar-refractivity contribution in [2.24, 2.45) is 0 Å². The number of rotatable bonds is 2. The van der Waals surface area contributed by atoms with E-state index < -0.39 is 0 Å². The first-order valence-corrected chi connectivity index (χ1v) is 5.56. The molecule has 2 N–H and O–H groups in total. The molecule has 0 spiro atoms. The van der Waals surface area contributed by atoms with E-state index in [1.807, 2.05) is 50.2 Å². The zero-order valence-corrected chi connectivity index (χ0v) is 10.0. The Morgan fingerprint density at radius 3 is 2.24 bits per heavy atom. The second-order valence-electron chi connectivity index (χ2n) is 4.18. The van der Waals surface area contributed by atoms with Gasteiger partial charge in [-0.05, 0) is 31.0 Å². The van der Waals surface area contributed by atoms with E-state index >= 15 is 0 Å². The van der Waals surface area contributed by atoms with Gasteiger partial charge in [-0.1, -0.05) is 36.4 Å². The standard InChI is InChI=1S/C15H15NO/c1-10-6-3-4-8-12(10)15(17)14-11(2)7-5-9-13(14)16/h3-9H,16H2,1-2H3. The van der Waals surface area contributed by atoms with Gasteiger partial charge in [-0.15, -0.1) is 0 Å². The molecule has 0 bridgehead atoms. The first-order valence-electron chi connectivity index (χ1n) is 5.56. The number of carbonyl (C=O) groups excluding carboxylic acids is 1. The van der Waals surface area contributed by atoms with E-state index in [0.29, 0.717) is 16.8 Å². The molecule has 0 aliphatic carbocycles. The molecule has 86 valence electrons. The van der Waals surface area contributed by atoms with Crippen molar-refractivity contribution in [3.63, 3.8) is 0 Å². The number of nitrogens with two attached hydrogens (primary N) is 1. The molecular weight excluding hydrogens is 210 g/mol. The van der Waals surface area contributed by atoms with Crippen molar-refractivity contribution >= 4 is 11.5 Å². The Morgan fingerprint density at radius 2 is 1.59 bits per heavy atom. The molecule has 2 heteroatoms. The quantitative estimate of drug-likeness (QED) is 0.630. The number of hydrogen-bond acceptors (Lipinski definition) is 2. The molecule has 0 amide bonds. The van der Waals surface area contributed by atoms with Crippen LogP contribution in [0.4, 0.5) is 5.69 Å². The van der Waals surface area contributed by atoms with E-state index in [1.54, 1.807) is 6.07 Å². The van der Waals surface area contributed by atoms with Crippen molar-refractivity contribution in [1.82, 2.24) is 0 Å². The van der Waals surface area contributed by atoms with Crippen molar-refractivity contribution in [2.45, 2.75) is 13.8 Å². The molecule has 2 aromatic rings. The molecule has 0 unspecified atom stereocenters. The first kappa shape index (κ1) is 11.4. The fourth-order valence-corrected chi connectivity index (χ4v) is 1.96. The van der Waals surface area contributed by atoms with E-state index in [4.69, 9.17) is 5.73 Å². The summed E-state index contributed by atoms with van der Waals surface area (Å²) in [6, 6.07) is 13.1. The van der Waals surface area contributed by atoms with E-state index in [0.717, 1.165) is 11.1 Å². The Kier molecular flexibility index (Phi) is 2.96. The molecule has 2 nitrogen and oxygen atoms in total. The minimum Gasteiger partial charge on any atom is -0.398 e. The molecule has 2 aromatic carbocycles. The summed E-state index contributed by atoms with van der Waals surface area (Å²) in [5, 5.41) is 0. The Morgan fingerprint density at radius 1 is 0.941 bits per heavy atom. The van der Waals surface area contributed by atoms with Crippen LogP contribution in [0.5, 0.6) is 0 Å². The zero-order valence-electron chi connectivity index (χ0n) is 10.0. The SMILES string of the molecule is Cc1ccccc1C(=O)c1c(C)cccc1N. The van der Waals surface area contributed by atoms with E-state index in [2.05, 4.69) is 0 Å². The molecule has 0 aliphatic heterocycles. The molecule has 17 heavy (non-hydrogen) atoms. The molecule has 0 radical (unpaired) electrons. The highest BCUT2D eigenvalue weighted by Crippen LogP contribution is 2.21. The van der Waals surface area contributed by atoms with Gasteiger partial charge in [0.25, 0.3) is 0 Å². The minimum absolute atomic E-state index is 0.00120. The first-order chi connectivity index (χ1) is 8.11. The van der Waals surface area contributed by atoms with Crippen LogP contribution < -0.4 is 5.73 Å². The lowest BCUT2D eigenvalue weighted by Gasteiger charge is -2.09. The normalized spacial score (nSPS) is 10.2. The van der Waals surface area contributed by atoms with Gasteiger partial charge in [0.05, 0.1) is 0 Å². The van der Waals surface area contributed by atoms with Gasteiger partial charge in [-0.25, -0.2) is 0 Å². The third kappa shape index (κ3) is 2.07. The van der Waals surface area contributed by atoms with Crippen LogP contribution in [0.25, 0.3) is 0 Å². The summed E-state index contributed by atoms with van der Waals surface area (Å²) in [6.07, 6.45) is 0. The summed E-state index contributed by atoms with van der Waals surface area (Å²) in [4.78, 5) is 12.4. The van der Waals surface area contributed by atoms with Crippen LogP contribution in [0.3, 0.4) is 0 Å². The van der Waals surface area contributed by atoms with Crippen LogP contribution in [-0.2, 0) is 0 Å². The van der Waals surface area contributed by atoms with Crippen molar-refractivity contribution in [1.29, 1.82) is 0 Å². The monoisotopic (exact) mass is 225 g/mol. The van der Waals surface area contributed by atoms with Gasteiger partial charge in [0.15, 0.2) is 5.78 Å². The maximum absolute atomic E-state index is 12.4. The van der Waals surface area contributed by atoms with Gasteiger partial charge in [-0.2, -0.15) is 0 Å². The topological polar surface area (TPSA) is 43.1 Å². The van der Waals surface area contributed by atoms with E-state index in [9.17, 15) is 4.79 Å². The van der Waals surface area contributed by atoms with E-state index in [-0.39, 0.29) is 5.78 Å². The predicted molar refractivity (Wildman–Crippen MR) is 70.2 cm³/mol.